The maximum absolute atomic E-state index is 6.18. The normalized spacial score (nSPS) is 13.5. The number of rotatable bonds is 0. The molecule has 68 valence electrons. The molecule has 0 atom stereocenters. The molecule has 3 rings (SSSR count). The first-order valence-electron chi connectivity index (χ1n) is 4.73. The Morgan fingerprint density at radius 1 is 1.07 bits per heavy atom. The van der Waals surface area contributed by atoms with Gasteiger partial charge < -0.3 is 0 Å². The first-order chi connectivity index (χ1) is 6.86. The van der Waals surface area contributed by atoms with Gasteiger partial charge in [0, 0.05) is 5.02 Å². The molecule has 0 saturated heterocycles. The smallest absolute Gasteiger partial charge is 0.0447 e. The van der Waals surface area contributed by atoms with E-state index in [-0.39, 0.29) is 0 Å². The van der Waals surface area contributed by atoms with Crippen LogP contribution >= 0.6 is 11.6 Å². The fourth-order valence-corrected chi connectivity index (χ4v) is 2.34. The second-order valence-corrected chi connectivity index (χ2v) is 3.98. The van der Waals surface area contributed by atoms with Crippen molar-refractivity contribution in [3.63, 3.8) is 0 Å². The molecule has 0 amide bonds. The summed E-state index contributed by atoms with van der Waals surface area (Å²) < 4.78 is 0. The summed E-state index contributed by atoms with van der Waals surface area (Å²) in [5.41, 5.74) is 2.55. The second kappa shape index (κ2) is 2.86. The van der Waals surface area contributed by atoms with Gasteiger partial charge in [0.1, 0.15) is 0 Å². The molecule has 0 spiro atoms. The minimum atomic E-state index is 0.884. The molecule has 0 N–H and O–H groups in total. The Balaban J connectivity index is 2.56. The zero-order valence-electron chi connectivity index (χ0n) is 7.63. The Morgan fingerprint density at radius 2 is 2.00 bits per heavy atom. The van der Waals surface area contributed by atoms with Gasteiger partial charge in [0.25, 0.3) is 0 Å². The predicted molar refractivity (Wildman–Crippen MR) is 61.7 cm³/mol. The summed E-state index contributed by atoms with van der Waals surface area (Å²) in [6, 6.07) is 10.4. The van der Waals surface area contributed by atoms with Crippen LogP contribution in [-0.4, -0.2) is 0 Å². The van der Waals surface area contributed by atoms with Crippen molar-refractivity contribution in [2.75, 3.05) is 0 Å². The van der Waals surface area contributed by atoms with E-state index in [1.165, 1.54) is 21.9 Å². The lowest BCUT2D eigenvalue weighted by Crippen LogP contribution is -1.93. The predicted octanol–water partition coefficient (Wildman–Crippen LogP) is 4.06. The lowest BCUT2D eigenvalue weighted by Gasteiger charge is -2.13. The third kappa shape index (κ3) is 1.01. The van der Waals surface area contributed by atoms with Gasteiger partial charge in [0.05, 0.1) is 0 Å². The van der Waals surface area contributed by atoms with Crippen molar-refractivity contribution in [1.29, 1.82) is 0 Å². The van der Waals surface area contributed by atoms with Gasteiger partial charge >= 0.3 is 0 Å². The molecule has 2 aromatic rings. The number of halogens is 1. The molecule has 0 unspecified atom stereocenters. The van der Waals surface area contributed by atoms with E-state index in [1.807, 2.05) is 6.07 Å². The highest BCUT2D eigenvalue weighted by molar-refractivity contribution is 6.32. The topological polar surface area (TPSA) is 0 Å². The van der Waals surface area contributed by atoms with Crippen LogP contribution in [0.1, 0.15) is 11.1 Å². The van der Waals surface area contributed by atoms with E-state index in [4.69, 9.17) is 11.6 Å². The molecular weight excluding hydrogens is 192 g/mol. The fraction of sp³-hybridized carbons (Fsp3) is 0.0769. The lowest BCUT2D eigenvalue weighted by molar-refractivity contribution is 1.29. The minimum Gasteiger partial charge on any atom is -0.0840 e. The Hall–Kier alpha value is -1.27. The number of benzene rings is 2. The molecule has 0 bridgehead atoms. The zero-order chi connectivity index (χ0) is 9.54. The van der Waals surface area contributed by atoms with Gasteiger partial charge in [-0.2, -0.15) is 0 Å². The van der Waals surface area contributed by atoms with Gasteiger partial charge in [-0.05, 0) is 34.4 Å². The van der Waals surface area contributed by atoms with Crippen molar-refractivity contribution >= 4 is 28.4 Å². The van der Waals surface area contributed by atoms with Crippen LogP contribution in [0, 0.1) is 0 Å². The average molecular weight is 201 g/mol. The largest absolute Gasteiger partial charge is 0.0840 e. The van der Waals surface area contributed by atoms with E-state index in [0.29, 0.717) is 0 Å². The van der Waals surface area contributed by atoms with Crippen molar-refractivity contribution in [2.45, 2.75) is 6.42 Å². The molecule has 1 aliphatic carbocycles. The molecule has 2 aromatic carbocycles. The molecule has 1 heteroatoms. The number of allylic oxidation sites excluding steroid dienone is 1. The van der Waals surface area contributed by atoms with Crippen LogP contribution in [0.3, 0.4) is 0 Å². The molecule has 0 heterocycles. The number of hydrogen-bond acceptors (Lipinski definition) is 0. The lowest BCUT2D eigenvalue weighted by atomic mass is 9.93. The van der Waals surface area contributed by atoms with Crippen LogP contribution in [0.2, 0.25) is 5.02 Å². The molecule has 1 aliphatic rings. The molecule has 0 saturated carbocycles. The van der Waals surface area contributed by atoms with Crippen molar-refractivity contribution in [1.82, 2.24) is 0 Å². The first-order valence-corrected chi connectivity index (χ1v) is 5.11. The standard InChI is InChI=1S/C13H9Cl/c14-12-8-7-10-4-1-3-9-5-2-6-11(12)13(9)10/h1-5,7-8H,6H2. The quantitative estimate of drug-likeness (QED) is 0.602. The van der Waals surface area contributed by atoms with Gasteiger partial charge in [-0.25, -0.2) is 0 Å². The molecule has 0 nitrogen and oxygen atoms in total. The summed E-state index contributed by atoms with van der Waals surface area (Å²) in [6.45, 7) is 0. The Kier molecular flexibility index (Phi) is 1.65. The average Bonchev–Trinajstić information content (AvgIpc) is 2.24. The van der Waals surface area contributed by atoms with E-state index in [9.17, 15) is 0 Å². The summed E-state index contributed by atoms with van der Waals surface area (Å²) in [4.78, 5) is 0. The molecular formula is C13H9Cl. The highest BCUT2D eigenvalue weighted by atomic mass is 35.5. The summed E-state index contributed by atoms with van der Waals surface area (Å²) in [6.07, 6.45) is 5.29. The molecule has 0 aliphatic heterocycles. The van der Waals surface area contributed by atoms with Gasteiger partial charge in [-0.3, -0.25) is 0 Å². The molecule has 14 heavy (non-hydrogen) atoms. The monoisotopic (exact) mass is 200 g/mol. The van der Waals surface area contributed by atoms with E-state index < -0.39 is 0 Å². The van der Waals surface area contributed by atoms with Crippen LogP contribution in [0.4, 0.5) is 0 Å². The number of hydrogen-bond donors (Lipinski definition) is 0. The third-order valence-electron chi connectivity index (χ3n) is 2.75. The van der Waals surface area contributed by atoms with E-state index in [0.717, 1.165) is 11.4 Å². The van der Waals surface area contributed by atoms with Crippen molar-refractivity contribution in [3.05, 3.63) is 52.6 Å². The Morgan fingerprint density at radius 3 is 2.93 bits per heavy atom. The van der Waals surface area contributed by atoms with Gasteiger partial charge in [0.2, 0.25) is 0 Å². The molecule has 0 aromatic heterocycles. The van der Waals surface area contributed by atoms with Crippen LogP contribution < -0.4 is 0 Å². The van der Waals surface area contributed by atoms with Crippen molar-refractivity contribution in [3.8, 4) is 0 Å². The molecule has 0 radical (unpaired) electrons. The fourth-order valence-electron chi connectivity index (χ4n) is 2.10. The third-order valence-corrected chi connectivity index (χ3v) is 3.10. The van der Waals surface area contributed by atoms with Gasteiger partial charge in [-0.1, -0.05) is 48.0 Å². The maximum atomic E-state index is 6.18. The van der Waals surface area contributed by atoms with E-state index in [1.54, 1.807) is 0 Å². The minimum absolute atomic E-state index is 0.884. The maximum Gasteiger partial charge on any atom is 0.0447 e. The summed E-state index contributed by atoms with van der Waals surface area (Å²) >= 11 is 6.18. The van der Waals surface area contributed by atoms with E-state index >= 15 is 0 Å². The van der Waals surface area contributed by atoms with Crippen LogP contribution in [0.15, 0.2) is 36.4 Å². The van der Waals surface area contributed by atoms with E-state index in [2.05, 4.69) is 36.4 Å². The highest BCUT2D eigenvalue weighted by Crippen LogP contribution is 2.32. The van der Waals surface area contributed by atoms with Gasteiger partial charge in [0.15, 0.2) is 0 Å². The summed E-state index contributed by atoms with van der Waals surface area (Å²) in [7, 11) is 0. The summed E-state index contributed by atoms with van der Waals surface area (Å²) in [5.74, 6) is 0. The Bertz CT molecular complexity index is 538. The second-order valence-electron chi connectivity index (χ2n) is 3.58. The SMILES string of the molecule is Clc1ccc2cccc3c2c1CC=C3. The van der Waals surface area contributed by atoms with Crippen molar-refractivity contribution in [2.24, 2.45) is 0 Å². The van der Waals surface area contributed by atoms with Crippen LogP contribution in [0.25, 0.3) is 16.8 Å². The first kappa shape index (κ1) is 8.07. The summed E-state index contributed by atoms with van der Waals surface area (Å²) in [5, 5.41) is 3.49. The van der Waals surface area contributed by atoms with Crippen molar-refractivity contribution < 1.29 is 0 Å². The Labute approximate surface area is 87.8 Å². The van der Waals surface area contributed by atoms with Crippen LogP contribution in [0.5, 0.6) is 0 Å². The zero-order valence-corrected chi connectivity index (χ0v) is 8.38. The van der Waals surface area contributed by atoms with Crippen LogP contribution in [-0.2, 0) is 6.42 Å². The highest BCUT2D eigenvalue weighted by Gasteiger charge is 2.10. The molecule has 0 fully saturated rings. The van der Waals surface area contributed by atoms with Gasteiger partial charge in [-0.15, -0.1) is 0 Å².